The lowest BCUT2D eigenvalue weighted by Gasteiger charge is -2.42. The van der Waals surface area contributed by atoms with Gasteiger partial charge >= 0.3 is 0 Å². The summed E-state index contributed by atoms with van der Waals surface area (Å²) < 4.78 is 6.27. The molecular weight excluding hydrogens is 540 g/mol. The molecule has 0 aliphatic carbocycles. The maximum absolute atomic E-state index is 13.0. The fraction of sp³-hybridized carbons (Fsp3) is 0.219. The first-order valence-corrected chi connectivity index (χ1v) is 13.4. The van der Waals surface area contributed by atoms with Gasteiger partial charge in [-0.15, -0.1) is 0 Å². The van der Waals surface area contributed by atoms with Crippen molar-refractivity contribution in [3.8, 4) is 5.88 Å². The molecule has 4 aromatic carbocycles. The summed E-state index contributed by atoms with van der Waals surface area (Å²) in [5, 5.41) is 28.8. The van der Waals surface area contributed by atoms with Crippen LogP contribution < -0.4 is 4.74 Å². The van der Waals surface area contributed by atoms with Crippen LogP contribution in [0.2, 0.25) is 0 Å². The Morgan fingerprint density at radius 2 is 1.63 bits per heavy atom. The van der Waals surface area contributed by atoms with Gasteiger partial charge in [0.25, 0.3) is 0 Å². The summed E-state index contributed by atoms with van der Waals surface area (Å²) >= 11 is 3.58. The monoisotopic (exact) mass is 570 g/mol. The molecule has 38 heavy (non-hydrogen) atoms. The van der Waals surface area contributed by atoms with Gasteiger partial charge in [-0.05, 0) is 46.2 Å². The number of benzene rings is 4. The predicted molar refractivity (Wildman–Crippen MR) is 157 cm³/mol. The molecular formula is C32H31BrN2O3. The van der Waals surface area contributed by atoms with Gasteiger partial charge < -0.3 is 19.7 Å². The van der Waals surface area contributed by atoms with Crippen molar-refractivity contribution in [3.63, 3.8) is 0 Å². The van der Waals surface area contributed by atoms with Crippen LogP contribution in [0.1, 0.15) is 29.0 Å². The van der Waals surface area contributed by atoms with Crippen LogP contribution in [0.4, 0.5) is 0 Å². The Morgan fingerprint density at radius 3 is 2.37 bits per heavy atom. The highest BCUT2D eigenvalue weighted by Crippen LogP contribution is 2.49. The summed E-state index contributed by atoms with van der Waals surface area (Å²) in [6.45, 7) is 0.220. The number of aliphatic hydroxyl groups is 1. The van der Waals surface area contributed by atoms with Crippen molar-refractivity contribution in [1.82, 2.24) is 4.98 Å². The summed E-state index contributed by atoms with van der Waals surface area (Å²) in [6, 6.07) is 31.9. The Hall–Kier alpha value is -3.29. The van der Waals surface area contributed by atoms with Crippen LogP contribution in [0.15, 0.2) is 102 Å². The molecule has 0 spiro atoms. The Balaban J connectivity index is 1.84. The summed E-state index contributed by atoms with van der Waals surface area (Å²) in [5.41, 5.74) is 1.79. The Labute approximate surface area is 231 Å². The highest BCUT2D eigenvalue weighted by atomic mass is 79.9. The zero-order chi connectivity index (χ0) is 26.9. The van der Waals surface area contributed by atoms with E-state index in [2.05, 4.69) is 22.0 Å². The molecule has 0 saturated carbocycles. The zero-order valence-corrected chi connectivity index (χ0v) is 23.4. The number of methoxy groups -OCH3 is 1. The third-order valence-corrected chi connectivity index (χ3v) is 7.67. The fourth-order valence-corrected chi connectivity index (χ4v) is 5.73. The van der Waals surface area contributed by atoms with Crippen LogP contribution >= 0.6 is 15.9 Å². The van der Waals surface area contributed by atoms with Gasteiger partial charge in [0.2, 0.25) is 5.88 Å². The second-order valence-electron chi connectivity index (χ2n) is 10.3. The highest BCUT2D eigenvalue weighted by molar-refractivity contribution is 9.10. The quantitative estimate of drug-likeness (QED) is 0.159. The van der Waals surface area contributed by atoms with Gasteiger partial charge in [-0.25, -0.2) is 4.98 Å². The number of nitrogens with zero attached hydrogens (tertiary/aromatic N) is 2. The first kappa shape index (κ1) is 26.3. The topological polar surface area (TPSA) is 65.4 Å². The standard InChI is InChI=1S/C32H31BrN2O3/c1-35(2,37)19-18-32(36,28-15-9-13-22-10-7-8-14-26(22)28)30(23-11-5-4-6-12-23)27-21-24-20-25(33)16-17-29(24)34-31(27)38-3/h4-17,20-21,30,36H,18-19H2,1-3H3/t30-,32+/m1/s1. The number of ether oxygens (including phenoxy) is 1. The minimum atomic E-state index is -1.45. The summed E-state index contributed by atoms with van der Waals surface area (Å²) in [4.78, 5) is 4.84. The van der Waals surface area contributed by atoms with Crippen molar-refractivity contribution >= 4 is 37.6 Å². The number of halogens is 1. The Morgan fingerprint density at radius 1 is 0.921 bits per heavy atom. The zero-order valence-electron chi connectivity index (χ0n) is 21.8. The SMILES string of the molecule is COc1nc2ccc(Br)cc2cc1[C@@H](c1ccccc1)[C@](O)(CC[N+](C)(C)[O-])c1cccc2ccccc12. The van der Waals surface area contributed by atoms with E-state index in [1.54, 1.807) is 21.2 Å². The number of hydrogen-bond donors (Lipinski definition) is 1. The molecule has 0 fully saturated rings. The molecule has 0 amide bonds. The van der Waals surface area contributed by atoms with E-state index >= 15 is 0 Å². The van der Waals surface area contributed by atoms with E-state index in [1.807, 2.05) is 91.0 Å². The molecule has 0 aliphatic rings. The normalized spacial score (nSPS) is 14.4. The molecule has 2 atom stereocenters. The van der Waals surface area contributed by atoms with Gasteiger partial charge in [0.15, 0.2) is 0 Å². The molecule has 5 aromatic rings. The number of quaternary nitrogens is 1. The van der Waals surface area contributed by atoms with Crippen molar-refractivity contribution in [2.24, 2.45) is 0 Å². The summed E-state index contributed by atoms with van der Waals surface area (Å²) in [7, 11) is 4.82. The lowest BCUT2D eigenvalue weighted by atomic mass is 9.70. The largest absolute Gasteiger partial charge is 0.633 e. The molecule has 6 heteroatoms. The molecule has 5 nitrogen and oxygen atoms in total. The van der Waals surface area contributed by atoms with Crippen molar-refractivity contribution in [1.29, 1.82) is 0 Å². The van der Waals surface area contributed by atoms with Gasteiger partial charge in [0.05, 0.1) is 33.3 Å². The minimum Gasteiger partial charge on any atom is -0.633 e. The molecule has 0 unspecified atom stereocenters. The van der Waals surface area contributed by atoms with Gasteiger partial charge in [-0.1, -0.05) is 88.7 Å². The van der Waals surface area contributed by atoms with E-state index in [1.165, 1.54) is 0 Å². The fourth-order valence-electron chi connectivity index (χ4n) is 5.35. The van der Waals surface area contributed by atoms with Gasteiger partial charge in [0.1, 0.15) is 5.60 Å². The van der Waals surface area contributed by atoms with Crippen molar-refractivity contribution in [2.75, 3.05) is 27.7 Å². The molecule has 194 valence electrons. The van der Waals surface area contributed by atoms with Crippen molar-refractivity contribution in [3.05, 3.63) is 123 Å². The predicted octanol–water partition coefficient (Wildman–Crippen LogP) is 7.14. The van der Waals surface area contributed by atoms with E-state index in [9.17, 15) is 10.3 Å². The lowest BCUT2D eigenvalue weighted by molar-refractivity contribution is -0.841. The van der Waals surface area contributed by atoms with E-state index in [4.69, 9.17) is 9.72 Å². The molecule has 1 aromatic heterocycles. The Bertz CT molecular complexity index is 1580. The average molecular weight is 572 g/mol. The minimum absolute atomic E-state index is 0.220. The van der Waals surface area contributed by atoms with Gasteiger partial charge in [-0.3, -0.25) is 0 Å². The van der Waals surface area contributed by atoms with E-state index in [0.717, 1.165) is 42.8 Å². The van der Waals surface area contributed by atoms with Crippen LogP contribution in [0, 0.1) is 5.21 Å². The summed E-state index contributed by atoms with van der Waals surface area (Å²) in [6.07, 6.45) is 0.233. The molecule has 1 N–H and O–H groups in total. The van der Waals surface area contributed by atoms with Gasteiger partial charge in [0, 0.05) is 27.8 Å². The number of aromatic nitrogens is 1. The smallest absolute Gasteiger partial charge is 0.217 e. The number of hydroxylamine groups is 3. The second kappa shape index (κ2) is 10.5. The third-order valence-electron chi connectivity index (χ3n) is 7.17. The number of hydrogen-bond acceptors (Lipinski definition) is 4. The van der Waals surface area contributed by atoms with E-state index in [0.29, 0.717) is 5.88 Å². The number of pyridine rings is 1. The average Bonchev–Trinajstić information content (AvgIpc) is 2.91. The first-order chi connectivity index (χ1) is 18.2. The van der Waals surface area contributed by atoms with Crippen molar-refractivity contribution < 1.29 is 14.5 Å². The van der Waals surface area contributed by atoms with Gasteiger partial charge in [-0.2, -0.15) is 0 Å². The maximum Gasteiger partial charge on any atom is 0.217 e. The van der Waals surface area contributed by atoms with E-state index < -0.39 is 16.2 Å². The molecule has 5 rings (SSSR count). The van der Waals surface area contributed by atoms with Crippen LogP contribution in [0.25, 0.3) is 21.7 Å². The van der Waals surface area contributed by atoms with Crippen molar-refractivity contribution in [2.45, 2.75) is 17.9 Å². The third kappa shape index (κ3) is 5.18. The van der Waals surface area contributed by atoms with Crippen LogP contribution in [-0.2, 0) is 5.60 Å². The number of rotatable bonds is 8. The molecule has 0 saturated heterocycles. The molecule has 1 heterocycles. The molecule has 0 bridgehead atoms. The van der Waals surface area contributed by atoms with Crippen LogP contribution in [0.3, 0.4) is 0 Å². The highest BCUT2D eigenvalue weighted by Gasteiger charge is 2.44. The lowest BCUT2D eigenvalue weighted by Crippen LogP contribution is -2.42. The maximum atomic E-state index is 13.0. The molecule has 0 aliphatic heterocycles. The summed E-state index contributed by atoms with van der Waals surface area (Å²) in [5.74, 6) is -0.116. The first-order valence-electron chi connectivity index (χ1n) is 12.6. The van der Waals surface area contributed by atoms with E-state index in [-0.39, 0.29) is 13.0 Å². The molecule has 0 radical (unpaired) electrons. The van der Waals surface area contributed by atoms with Crippen LogP contribution in [0.5, 0.6) is 5.88 Å². The Kier molecular flexibility index (Phi) is 7.25. The second-order valence-corrected chi connectivity index (χ2v) is 11.2. The number of fused-ring (bicyclic) bond motifs is 2. The van der Waals surface area contributed by atoms with Crippen LogP contribution in [-0.4, -0.2) is 42.5 Å².